The summed E-state index contributed by atoms with van der Waals surface area (Å²) in [7, 11) is 0. The predicted octanol–water partition coefficient (Wildman–Crippen LogP) is 6.64. The van der Waals surface area contributed by atoms with Crippen LogP contribution in [0, 0.1) is 23.7 Å². The van der Waals surface area contributed by atoms with Crippen LogP contribution < -0.4 is 0 Å². The molecule has 5 nitrogen and oxygen atoms in total. The van der Waals surface area contributed by atoms with Crippen LogP contribution in [-0.2, 0) is 35.3 Å². The van der Waals surface area contributed by atoms with Crippen molar-refractivity contribution in [2.24, 2.45) is 23.7 Å². The van der Waals surface area contributed by atoms with Crippen LogP contribution in [0.15, 0.2) is 0 Å². The molecule has 0 radical (unpaired) electrons. The van der Waals surface area contributed by atoms with Crippen molar-refractivity contribution in [1.29, 1.82) is 0 Å². The number of ether oxygens (including phenoxy) is 1. The largest absolute Gasteiger partial charge is 0.375 e. The summed E-state index contributed by atoms with van der Waals surface area (Å²) in [6, 6.07) is 0. The van der Waals surface area contributed by atoms with E-state index < -0.39 is 22.2 Å². The average molecular weight is 531 g/mol. The molecule has 4 saturated carbocycles. The van der Waals surface area contributed by atoms with Gasteiger partial charge < -0.3 is 4.74 Å². The van der Waals surface area contributed by atoms with Gasteiger partial charge in [-0.1, -0.05) is 27.7 Å². The van der Waals surface area contributed by atoms with E-state index in [1.807, 2.05) is 0 Å². The van der Waals surface area contributed by atoms with Crippen molar-refractivity contribution in [2.45, 2.75) is 153 Å². The maximum Gasteiger partial charge on any atom is 0.158 e. The lowest BCUT2D eigenvalue weighted by atomic mass is 9.80. The monoisotopic (exact) mass is 530 g/mol. The highest BCUT2D eigenvalue weighted by Gasteiger charge is 2.34. The Morgan fingerprint density at radius 1 is 0.457 bits per heavy atom. The van der Waals surface area contributed by atoms with E-state index in [1.54, 1.807) is 0 Å². The summed E-state index contributed by atoms with van der Waals surface area (Å²) in [6.45, 7) is 9.20. The van der Waals surface area contributed by atoms with Crippen LogP contribution in [0.25, 0.3) is 0 Å². The van der Waals surface area contributed by atoms with Gasteiger partial charge in [-0.2, -0.15) is 0 Å². The Labute approximate surface area is 219 Å². The maximum atomic E-state index is 12.8. The highest BCUT2D eigenvalue weighted by molar-refractivity contribution is 7.81. The first-order valence-corrected chi connectivity index (χ1v) is 16.9. The van der Waals surface area contributed by atoms with Crippen LogP contribution >= 0.6 is 0 Å². The van der Waals surface area contributed by atoms with Crippen LogP contribution in [0.2, 0.25) is 0 Å². The fourth-order valence-corrected chi connectivity index (χ4v) is 9.25. The van der Waals surface area contributed by atoms with Gasteiger partial charge in [0.15, 0.2) is 22.2 Å². The summed E-state index contributed by atoms with van der Waals surface area (Å²) in [4.78, 5) is 0. The normalized spacial score (nSPS) is 45.0. The van der Waals surface area contributed by atoms with Crippen molar-refractivity contribution in [3.63, 3.8) is 0 Å². The first kappa shape index (κ1) is 28.2. The molecule has 35 heavy (non-hydrogen) atoms. The molecule has 7 heteroatoms. The Hall–Kier alpha value is 0.180. The van der Waals surface area contributed by atoms with Crippen molar-refractivity contribution >= 4 is 22.2 Å². The molecule has 4 aliphatic rings. The molecule has 0 aromatic rings. The standard InChI is InChI=1S/C28H50O5S2/c1-19-5-7-26(17-21(19)3)33-34(29)27-15-12-24(13-16-27)31-23-8-10-25(11-9-23)32-35(30)28-14-6-20(2)22(4)18-28/h19-28H,5-18H2,1-4H3. The quantitative estimate of drug-likeness (QED) is 0.352. The van der Waals surface area contributed by atoms with Gasteiger partial charge in [0.25, 0.3) is 0 Å². The lowest BCUT2D eigenvalue weighted by molar-refractivity contribution is -0.0564. The van der Waals surface area contributed by atoms with Crippen LogP contribution in [0.3, 0.4) is 0 Å². The minimum atomic E-state index is -1.17. The van der Waals surface area contributed by atoms with Crippen LogP contribution in [0.5, 0.6) is 0 Å². The zero-order valence-electron chi connectivity index (χ0n) is 22.5. The van der Waals surface area contributed by atoms with Gasteiger partial charge >= 0.3 is 0 Å². The lowest BCUT2D eigenvalue weighted by Gasteiger charge is -2.36. The minimum Gasteiger partial charge on any atom is -0.375 e. The third-order valence-electron chi connectivity index (χ3n) is 9.73. The zero-order valence-corrected chi connectivity index (χ0v) is 24.2. The number of hydrogen-bond donors (Lipinski definition) is 0. The third-order valence-corrected chi connectivity index (χ3v) is 12.6. The molecule has 0 bridgehead atoms. The third kappa shape index (κ3) is 8.08. The molecule has 4 aliphatic carbocycles. The SMILES string of the molecule is CC1CCC(OS(=O)C2CCC(OC3CCC(OS(=O)C4CCC(C)C(C)C4)CC3)CC2)CC1C. The molecule has 8 unspecified atom stereocenters. The summed E-state index contributed by atoms with van der Waals surface area (Å²) in [6.07, 6.45) is 15.1. The summed E-state index contributed by atoms with van der Waals surface area (Å²) in [5.41, 5.74) is 0. The molecule has 204 valence electrons. The molecule has 0 aromatic carbocycles. The molecule has 0 N–H and O–H groups in total. The molecule has 0 spiro atoms. The molecule has 8 atom stereocenters. The Balaban J connectivity index is 1.10. The second kappa shape index (κ2) is 13.3. The molecule has 0 amide bonds. The molecule has 0 aromatic heterocycles. The Morgan fingerprint density at radius 2 is 0.886 bits per heavy atom. The van der Waals surface area contributed by atoms with Crippen LogP contribution in [0.1, 0.15) is 118 Å². The van der Waals surface area contributed by atoms with E-state index in [0.29, 0.717) is 11.8 Å². The first-order chi connectivity index (χ1) is 16.8. The van der Waals surface area contributed by atoms with E-state index in [4.69, 9.17) is 13.1 Å². The van der Waals surface area contributed by atoms with E-state index in [0.717, 1.165) is 88.9 Å². The highest BCUT2D eigenvalue weighted by atomic mass is 32.2. The lowest BCUT2D eigenvalue weighted by Crippen LogP contribution is -2.36. The van der Waals surface area contributed by atoms with Gasteiger partial charge in [0.2, 0.25) is 0 Å². The van der Waals surface area contributed by atoms with Gasteiger partial charge in [-0.25, -0.2) is 8.42 Å². The summed E-state index contributed by atoms with van der Waals surface area (Å²) in [5.74, 6) is 2.80. The maximum absolute atomic E-state index is 12.8. The summed E-state index contributed by atoms with van der Waals surface area (Å²) >= 11 is -2.32. The van der Waals surface area contributed by atoms with Gasteiger partial charge in [0.1, 0.15) is 0 Å². The van der Waals surface area contributed by atoms with Crippen molar-refractivity contribution in [3.8, 4) is 0 Å². The predicted molar refractivity (Wildman–Crippen MR) is 144 cm³/mol. The number of hydrogen-bond acceptors (Lipinski definition) is 5. The highest BCUT2D eigenvalue weighted by Crippen LogP contribution is 2.36. The molecule has 0 heterocycles. The molecule has 4 fully saturated rings. The minimum absolute atomic E-state index is 0.117. The van der Waals surface area contributed by atoms with Gasteiger partial charge in [0, 0.05) is 0 Å². The molecular weight excluding hydrogens is 480 g/mol. The fraction of sp³-hybridized carbons (Fsp3) is 1.00. The van der Waals surface area contributed by atoms with E-state index in [1.165, 1.54) is 12.8 Å². The van der Waals surface area contributed by atoms with Gasteiger partial charge in [-0.15, -0.1) is 0 Å². The topological polar surface area (TPSA) is 61.8 Å². The first-order valence-electron chi connectivity index (χ1n) is 14.6. The second-order valence-corrected chi connectivity index (χ2v) is 15.2. The van der Waals surface area contributed by atoms with E-state index in [9.17, 15) is 8.42 Å². The average Bonchev–Trinajstić information content (AvgIpc) is 2.85. The van der Waals surface area contributed by atoms with E-state index >= 15 is 0 Å². The van der Waals surface area contributed by atoms with Gasteiger partial charge in [-0.05, 0) is 114 Å². The van der Waals surface area contributed by atoms with Gasteiger partial charge in [0.05, 0.1) is 34.9 Å². The molecule has 0 aliphatic heterocycles. The second-order valence-electron chi connectivity index (χ2n) is 12.4. The van der Waals surface area contributed by atoms with Crippen molar-refractivity contribution in [2.75, 3.05) is 0 Å². The van der Waals surface area contributed by atoms with Crippen molar-refractivity contribution in [3.05, 3.63) is 0 Å². The Morgan fingerprint density at radius 3 is 1.49 bits per heavy atom. The fourth-order valence-electron chi connectivity index (χ4n) is 6.58. The van der Waals surface area contributed by atoms with E-state index in [2.05, 4.69) is 27.7 Å². The summed E-state index contributed by atoms with van der Waals surface area (Å²) < 4.78 is 44.1. The Kier molecular flexibility index (Phi) is 10.7. The Bertz CT molecular complexity index is 701. The van der Waals surface area contributed by atoms with Crippen molar-refractivity contribution in [1.82, 2.24) is 0 Å². The molecular formula is C28H50O5S2. The molecule has 0 saturated heterocycles. The number of rotatable bonds is 8. The molecule has 4 rings (SSSR count). The zero-order chi connectivity index (χ0) is 24.9. The van der Waals surface area contributed by atoms with E-state index in [-0.39, 0.29) is 34.9 Å². The van der Waals surface area contributed by atoms with Crippen LogP contribution in [0.4, 0.5) is 0 Å². The van der Waals surface area contributed by atoms with Crippen molar-refractivity contribution < 1.29 is 21.5 Å². The van der Waals surface area contributed by atoms with Gasteiger partial charge in [-0.3, -0.25) is 8.37 Å². The summed E-state index contributed by atoms with van der Waals surface area (Å²) in [5, 5.41) is 0.374. The van der Waals surface area contributed by atoms with Crippen LogP contribution in [-0.4, -0.2) is 43.3 Å². The smallest absolute Gasteiger partial charge is 0.158 e.